The van der Waals surface area contributed by atoms with Crippen LogP contribution in [0.1, 0.15) is 24.5 Å². The number of hydrogen-bond acceptors (Lipinski definition) is 3. The Morgan fingerprint density at radius 2 is 2.35 bits per heavy atom. The van der Waals surface area contributed by atoms with E-state index in [1.165, 1.54) is 11.1 Å². The predicted molar refractivity (Wildman–Crippen MR) is 71.3 cm³/mol. The molecule has 0 aliphatic carbocycles. The molecule has 0 saturated heterocycles. The number of aliphatic hydroxyl groups is 1. The molecule has 94 valence electrons. The minimum absolute atomic E-state index is 0.223. The third-order valence-electron chi connectivity index (χ3n) is 3.03. The summed E-state index contributed by atoms with van der Waals surface area (Å²) in [4.78, 5) is 0. The molecule has 0 unspecified atom stereocenters. The van der Waals surface area contributed by atoms with Crippen LogP contribution in [0, 0.1) is 0 Å². The Bertz CT molecular complexity index is 395. The summed E-state index contributed by atoms with van der Waals surface area (Å²) in [7, 11) is 0. The van der Waals surface area contributed by atoms with Gasteiger partial charge in [-0.15, -0.1) is 0 Å². The molecule has 0 fully saturated rings. The van der Waals surface area contributed by atoms with Crippen LogP contribution in [0.2, 0.25) is 0 Å². The second kappa shape index (κ2) is 5.85. The van der Waals surface area contributed by atoms with E-state index in [-0.39, 0.29) is 6.61 Å². The van der Waals surface area contributed by atoms with E-state index in [1.54, 1.807) is 0 Å². The lowest BCUT2D eigenvalue weighted by Crippen LogP contribution is -2.26. The smallest absolute Gasteiger partial charge is 0.127 e. The van der Waals surface area contributed by atoms with Gasteiger partial charge in [0.1, 0.15) is 5.75 Å². The SMILES string of the molecule is C[C@@H](CCO)NCc1cc(Br)cc2c1OCC2. The minimum Gasteiger partial charge on any atom is -0.493 e. The molecule has 17 heavy (non-hydrogen) atoms. The van der Waals surface area contributed by atoms with Crippen molar-refractivity contribution in [2.75, 3.05) is 13.2 Å². The first kappa shape index (κ1) is 12.9. The topological polar surface area (TPSA) is 41.5 Å². The van der Waals surface area contributed by atoms with Crippen LogP contribution in [0.5, 0.6) is 5.75 Å². The van der Waals surface area contributed by atoms with E-state index in [0.717, 1.165) is 36.2 Å². The third-order valence-corrected chi connectivity index (χ3v) is 3.49. The van der Waals surface area contributed by atoms with Crippen molar-refractivity contribution in [2.45, 2.75) is 32.4 Å². The van der Waals surface area contributed by atoms with Crippen LogP contribution in [0.25, 0.3) is 0 Å². The van der Waals surface area contributed by atoms with Crippen LogP contribution in [-0.4, -0.2) is 24.4 Å². The van der Waals surface area contributed by atoms with Crippen molar-refractivity contribution in [3.63, 3.8) is 0 Å². The summed E-state index contributed by atoms with van der Waals surface area (Å²) in [6, 6.07) is 4.54. The van der Waals surface area contributed by atoms with Gasteiger partial charge in [-0.05, 0) is 31.0 Å². The van der Waals surface area contributed by atoms with Crippen molar-refractivity contribution < 1.29 is 9.84 Å². The van der Waals surface area contributed by atoms with Crippen molar-refractivity contribution in [3.8, 4) is 5.75 Å². The van der Waals surface area contributed by atoms with Gasteiger partial charge in [0.25, 0.3) is 0 Å². The first-order chi connectivity index (χ1) is 8.20. The normalized spacial score (nSPS) is 15.5. The molecule has 1 aliphatic heterocycles. The van der Waals surface area contributed by atoms with Crippen LogP contribution in [0.15, 0.2) is 16.6 Å². The zero-order chi connectivity index (χ0) is 12.3. The van der Waals surface area contributed by atoms with Crippen LogP contribution >= 0.6 is 15.9 Å². The standard InChI is InChI=1S/C13H18BrNO2/c1-9(2-4-16)15-8-11-7-12(14)6-10-3-5-17-13(10)11/h6-7,9,15-16H,2-5,8H2,1H3/t9-/m0/s1. The number of benzene rings is 1. The molecule has 0 bridgehead atoms. The maximum Gasteiger partial charge on any atom is 0.127 e. The molecule has 0 spiro atoms. The van der Waals surface area contributed by atoms with Crippen molar-refractivity contribution >= 4 is 15.9 Å². The molecule has 1 aromatic rings. The molecule has 1 atom stereocenters. The van der Waals surface area contributed by atoms with Gasteiger partial charge in [0.2, 0.25) is 0 Å². The van der Waals surface area contributed by atoms with E-state index in [2.05, 4.69) is 40.3 Å². The quantitative estimate of drug-likeness (QED) is 0.876. The van der Waals surface area contributed by atoms with Gasteiger partial charge in [-0.1, -0.05) is 15.9 Å². The van der Waals surface area contributed by atoms with Crippen molar-refractivity contribution in [1.29, 1.82) is 0 Å². The van der Waals surface area contributed by atoms with Crippen LogP contribution in [-0.2, 0) is 13.0 Å². The van der Waals surface area contributed by atoms with Gasteiger partial charge >= 0.3 is 0 Å². The lowest BCUT2D eigenvalue weighted by Gasteiger charge is -2.14. The van der Waals surface area contributed by atoms with Gasteiger partial charge in [0.15, 0.2) is 0 Å². The van der Waals surface area contributed by atoms with Crippen LogP contribution in [0.4, 0.5) is 0 Å². The summed E-state index contributed by atoms with van der Waals surface area (Å²) >= 11 is 3.53. The fourth-order valence-electron chi connectivity index (χ4n) is 2.06. The Morgan fingerprint density at radius 3 is 3.12 bits per heavy atom. The molecule has 1 heterocycles. The van der Waals surface area contributed by atoms with Gasteiger partial charge in [-0.25, -0.2) is 0 Å². The Labute approximate surface area is 110 Å². The summed E-state index contributed by atoms with van der Waals surface area (Å²) in [6.45, 7) is 3.87. The first-order valence-corrected chi connectivity index (χ1v) is 6.78. The molecule has 0 aromatic heterocycles. The first-order valence-electron chi connectivity index (χ1n) is 5.99. The third kappa shape index (κ3) is 3.21. The predicted octanol–water partition coefficient (Wildman–Crippen LogP) is 2.24. The maximum absolute atomic E-state index is 8.86. The number of aliphatic hydroxyl groups excluding tert-OH is 1. The van der Waals surface area contributed by atoms with Crippen LogP contribution < -0.4 is 10.1 Å². The fraction of sp³-hybridized carbons (Fsp3) is 0.538. The molecule has 1 aromatic carbocycles. The lowest BCUT2D eigenvalue weighted by atomic mass is 10.1. The largest absolute Gasteiger partial charge is 0.493 e. The van der Waals surface area contributed by atoms with E-state index >= 15 is 0 Å². The molecule has 0 radical (unpaired) electrons. The Morgan fingerprint density at radius 1 is 1.53 bits per heavy atom. The zero-order valence-corrected chi connectivity index (χ0v) is 11.6. The summed E-state index contributed by atoms with van der Waals surface area (Å²) in [6.07, 6.45) is 1.77. The summed E-state index contributed by atoms with van der Waals surface area (Å²) in [5.41, 5.74) is 2.47. The number of rotatable bonds is 5. The number of hydrogen-bond donors (Lipinski definition) is 2. The molecular formula is C13H18BrNO2. The highest BCUT2D eigenvalue weighted by Gasteiger charge is 2.17. The lowest BCUT2D eigenvalue weighted by molar-refractivity contribution is 0.268. The van der Waals surface area contributed by atoms with E-state index in [4.69, 9.17) is 9.84 Å². The Kier molecular flexibility index (Phi) is 4.42. The second-order valence-corrected chi connectivity index (χ2v) is 5.36. The summed E-state index contributed by atoms with van der Waals surface area (Å²) in [5.74, 6) is 1.04. The summed E-state index contributed by atoms with van der Waals surface area (Å²) < 4.78 is 6.77. The van der Waals surface area contributed by atoms with E-state index in [9.17, 15) is 0 Å². The molecule has 2 rings (SSSR count). The molecule has 0 saturated carbocycles. The fourth-order valence-corrected chi connectivity index (χ4v) is 2.61. The average Bonchev–Trinajstić information content (AvgIpc) is 2.74. The number of halogens is 1. The molecular weight excluding hydrogens is 282 g/mol. The van der Waals surface area contributed by atoms with Gasteiger partial charge < -0.3 is 15.2 Å². The number of ether oxygens (including phenoxy) is 1. The molecule has 1 aliphatic rings. The van der Waals surface area contributed by atoms with Gasteiger partial charge in [0.05, 0.1) is 6.61 Å². The van der Waals surface area contributed by atoms with E-state index < -0.39 is 0 Å². The number of nitrogens with one attached hydrogen (secondary N) is 1. The Balaban J connectivity index is 2.05. The minimum atomic E-state index is 0.223. The van der Waals surface area contributed by atoms with E-state index in [0.29, 0.717) is 6.04 Å². The summed E-state index contributed by atoms with van der Waals surface area (Å²) in [5, 5.41) is 12.3. The molecule has 0 amide bonds. The van der Waals surface area contributed by atoms with Gasteiger partial charge in [0, 0.05) is 35.7 Å². The second-order valence-electron chi connectivity index (χ2n) is 4.45. The molecule has 4 heteroatoms. The van der Waals surface area contributed by atoms with Gasteiger partial charge in [-0.2, -0.15) is 0 Å². The van der Waals surface area contributed by atoms with Crippen molar-refractivity contribution in [3.05, 3.63) is 27.7 Å². The number of fused-ring (bicyclic) bond motifs is 1. The molecule has 3 nitrogen and oxygen atoms in total. The Hall–Kier alpha value is -0.580. The highest BCUT2D eigenvalue weighted by atomic mass is 79.9. The zero-order valence-electron chi connectivity index (χ0n) is 10.0. The van der Waals surface area contributed by atoms with Crippen LogP contribution in [0.3, 0.4) is 0 Å². The van der Waals surface area contributed by atoms with Crippen molar-refractivity contribution in [1.82, 2.24) is 5.32 Å². The highest BCUT2D eigenvalue weighted by Crippen LogP contribution is 2.32. The average molecular weight is 300 g/mol. The highest BCUT2D eigenvalue weighted by molar-refractivity contribution is 9.10. The van der Waals surface area contributed by atoms with Gasteiger partial charge in [-0.3, -0.25) is 0 Å². The molecule has 2 N–H and O–H groups in total. The van der Waals surface area contributed by atoms with E-state index in [1.807, 2.05) is 0 Å². The van der Waals surface area contributed by atoms with Crippen molar-refractivity contribution in [2.24, 2.45) is 0 Å². The monoisotopic (exact) mass is 299 g/mol. The maximum atomic E-state index is 8.86.